The monoisotopic (exact) mass is 162 g/mol. The first-order chi connectivity index (χ1) is 5.07. The minimum absolute atomic E-state index is 0.172. The average Bonchev–Trinajstić information content (AvgIpc) is 1.99. The van der Waals surface area contributed by atoms with Crippen molar-refractivity contribution in [3.63, 3.8) is 0 Å². The van der Waals surface area contributed by atoms with Crippen molar-refractivity contribution in [3.8, 4) is 0 Å². The zero-order valence-electron chi connectivity index (χ0n) is 5.69. The highest BCUT2D eigenvalue weighted by Crippen LogP contribution is 1.79. The van der Waals surface area contributed by atoms with Gasteiger partial charge in [-0.2, -0.15) is 0 Å². The lowest BCUT2D eigenvalue weighted by atomic mass is 10.3. The van der Waals surface area contributed by atoms with Crippen molar-refractivity contribution in [3.05, 3.63) is 0 Å². The fourth-order valence-corrected chi connectivity index (χ4v) is 0.310. The first kappa shape index (κ1) is 9.66. The number of hydrogen-bond donors (Lipinski definition) is 5. The summed E-state index contributed by atoms with van der Waals surface area (Å²) in [4.78, 5) is 13.5. The van der Waals surface area contributed by atoms with E-state index in [4.69, 9.17) is 21.8 Å². The lowest BCUT2D eigenvalue weighted by Gasteiger charge is -2.01. The van der Waals surface area contributed by atoms with Crippen LogP contribution in [0.5, 0.6) is 0 Å². The molecule has 0 aromatic carbocycles. The predicted octanol–water partition coefficient (Wildman–Crippen LogP) is -2.31. The largest absolute Gasteiger partial charge is 0.480 e. The third-order valence-corrected chi connectivity index (χ3v) is 0.890. The van der Waals surface area contributed by atoms with E-state index in [9.17, 15) is 4.79 Å². The van der Waals surface area contributed by atoms with Crippen LogP contribution in [0.3, 0.4) is 0 Å². The molecule has 0 heterocycles. The Morgan fingerprint density at radius 1 is 1.73 bits per heavy atom. The lowest BCUT2D eigenvalue weighted by Crippen LogP contribution is -2.36. The molecule has 11 heavy (non-hydrogen) atoms. The van der Waals surface area contributed by atoms with Crippen molar-refractivity contribution in [2.75, 3.05) is 6.54 Å². The number of carbonyl (C=O) groups is 1. The molecule has 0 saturated carbocycles. The van der Waals surface area contributed by atoms with Crippen LogP contribution >= 0.6 is 0 Å². The molecule has 0 fully saturated rings. The molecule has 0 amide bonds. The Hall–Kier alpha value is -1.34. The number of rotatable bonds is 3. The van der Waals surface area contributed by atoms with Crippen molar-refractivity contribution in [1.82, 2.24) is 5.48 Å². The highest BCUT2D eigenvalue weighted by molar-refractivity contribution is 5.78. The molecule has 0 aromatic heterocycles. The van der Waals surface area contributed by atoms with Gasteiger partial charge in [0.25, 0.3) is 0 Å². The van der Waals surface area contributed by atoms with Gasteiger partial charge < -0.3 is 16.6 Å². The van der Waals surface area contributed by atoms with E-state index in [1.54, 1.807) is 0 Å². The maximum Gasteiger partial charge on any atom is 0.322 e. The third kappa shape index (κ3) is 4.12. The van der Waals surface area contributed by atoms with Gasteiger partial charge >= 0.3 is 5.97 Å². The summed E-state index contributed by atoms with van der Waals surface area (Å²) >= 11 is 0. The van der Waals surface area contributed by atoms with E-state index in [-0.39, 0.29) is 12.5 Å². The normalized spacial score (nSPS) is 14.2. The van der Waals surface area contributed by atoms with E-state index in [0.29, 0.717) is 0 Å². The van der Waals surface area contributed by atoms with E-state index in [0.717, 1.165) is 0 Å². The van der Waals surface area contributed by atoms with Crippen LogP contribution in [0.1, 0.15) is 0 Å². The van der Waals surface area contributed by atoms with Gasteiger partial charge in [0.05, 0.1) is 6.54 Å². The molecular formula is C4H10N4O3. The summed E-state index contributed by atoms with van der Waals surface area (Å²) in [6.45, 7) is -0.172. The summed E-state index contributed by atoms with van der Waals surface area (Å²) in [7, 11) is 0. The van der Waals surface area contributed by atoms with Crippen molar-refractivity contribution < 1.29 is 15.1 Å². The third-order valence-electron chi connectivity index (χ3n) is 0.890. The van der Waals surface area contributed by atoms with Crippen LogP contribution in [0.2, 0.25) is 0 Å². The molecule has 0 unspecified atom stereocenters. The van der Waals surface area contributed by atoms with Gasteiger partial charge in [-0.3, -0.25) is 10.0 Å². The van der Waals surface area contributed by atoms with Crippen LogP contribution in [-0.4, -0.2) is 34.8 Å². The summed E-state index contributed by atoms with van der Waals surface area (Å²) in [6.07, 6.45) is 0. The molecule has 1 atom stereocenters. The Morgan fingerprint density at radius 3 is 2.64 bits per heavy atom. The topological polar surface area (TPSA) is 134 Å². The number of guanidine groups is 1. The predicted molar refractivity (Wildman–Crippen MR) is 37.0 cm³/mol. The molecule has 0 aliphatic heterocycles. The Morgan fingerprint density at radius 2 is 2.27 bits per heavy atom. The molecule has 64 valence electrons. The quantitative estimate of drug-likeness (QED) is 0.180. The second-order valence-electron chi connectivity index (χ2n) is 1.78. The zero-order chi connectivity index (χ0) is 8.85. The maximum atomic E-state index is 10.1. The number of aliphatic carboxylic acids is 1. The van der Waals surface area contributed by atoms with Gasteiger partial charge in [-0.1, -0.05) is 0 Å². The van der Waals surface area contributed by atoms with E-state index in [1.165, 1.54) is 5.48 Å². The average molecular weight is 162 g/mol. The molecule has 0 aromatic rings. The minimum atomic E-state index is -1.17. The molecule has 7 N–H and O–H groups in total. The SMILES string of the molecule is N/C(=N\C[C@H](N)C(=O)O)NO. The van der Waals surface area contributed by atoms with Crippen LogP contribution in [0.15, 0.2) is 4.99 Å². The van der Waals surface area contributed by atoms with Gasteiger partial charge in [-0.05, 0) is 0 Å². The van der Waals surface area contributed by atoms with Gasteiger partial charge in [-0.25, -0.2) is 10.5 Å². The van der Waals surface area contributed by atoms with E-state index in [1.807, 2.05) is 0 Å². The molecule has 7 heteroatoms. The minimum Gasteiger partial charge on any atom is -0.480 e. The van der Waals surface area contributed by atoms with E-state index >= 15 is 0 Å². The second-order valence-corrected chi connectivity index (χ2v) is 1.78. The number of aliphatic imine (C=N–C) groups is 1. The molecule has 0 aliphatic rings. The number of nitrogens with zero attached hydrogens (tertiary/aromatic N) is 1. The Bertz CT molecular complexity index is 169. The molecule has 7 nitrogen and oxygen atoms in total. The summed E-state index contributed by atoms with van der Waals surface area (Å²) in [5.74, 6) is -1.43. The van der Waals surface area contributed by atoms with E-state index in [2.05, 4.69) is 4.99 Å². The molecule has 0 rings (SSSR count). The van der Waals surface area contributed by atoms with Crippen molar-refractivity contribution >= 4 is 11.9 Å². The molecule has 0 radical (unpaired) electrons. The van der Waals surface area contributed by atoms with Gasteiger partial charge in [0.2, 0.25) is 5.96 Å². The molecule has 0 aliphatic carbocycles. The highest BCUT2D eigenvalue weighted by atomic mass is 16.5. The van der Waals surface area contributed by atoms with Crippen LogP contribution in [-0.2, 0) is 4.79 Å². The summed E-state index contributed by atoms with van der Waals surface area (Å²) in [6, 6.07) is -1.10. The van der Waals surface area contributed by atoms with Gasteiger partial charge in [0.15, 0.2) is 0 Å². The summed E-state index contributed by atoms with van der Waals surface area (Å²) < 4.78 is 0. The van der Waals surface area contributed by atoms with Gasteiger partial charge in [0.1, 0.15) is 6.04 Å². The highest BCUT2D eigenvalue weighted by Gasteiger charge is 2.09. The fraction of sp³-hybridized carbons (Fsp3) is 0.500. The van der Waals surface area contributed by atoms with Crippen molar-refractivity contribution in [1.29, 1.82) is 0 Å². The summed E-state index contributed by atoms with van der Waals surface area (Å²) in [5, 5.41) is 16.3. The van der Waals surface area contributed by atoms with Crippen molar-refractivity contribution in [2.24, 2.45) is 16.5 Å². The number of hydrogen-bond acceptors (Lipinski definition) is 4. The van der Waals surface area contributed by atoms with Gasteiger partial charge in [0, 0.05) is 0 Å². The molecule has 0 bridgehead atoms. The van der Waals surface area contributed by atoms with Crippen LogP contribution in [0.4, 0.5) is 0 Å². The second kappa shape index (κ2) is 4.47. The smallest absolute Gasteiger partial charge is 0.322 e. The Balaban J connectivity index is 3.78. The summed E-state index contributed by atoms with van der Waals surface area (Å²) in [5.41, 5.74) is 11.5. The van der Waals surface area contributed by atoms with Crippen molar-refractivity contribution in [2.45, 2.75) is 6.04 Å². The molecule has 0 saturated heterocycles. The number of nitrogens with one attached hydrogen (secondary N) is 1. The maximum absolute atomic E-state index is 10.1. The number of hydroxylamine groups is 1. The van der Waals surface area contributed by atoms with Crippen LogP contribution in [0, 0.1) is 0 Å². The molecular weight excluding hydrogens is 152 g/mol. The number of carboxylic acid groups (broad SMARTS) is 1. The first-order valence-electron chi connectivity index (χ1n) is 2.76. The number of carboxylic acids is 1. The fourth-order valence-electron chi connectivity index (χ4n) is 0.310. The van der Waals surface area contributed by atoms with E-state index < -0.39 is 12.0 Å². The first-order valence-corrected chi connectivity index (χ1v) is 2.76. The lowest BCUT2D eigenvalue weighted by molar-refractivity contribution is -0.138. The van der Waals surface area contributed by atoms with Crippen LogP contribution < -0.4 is 16.9 Å². The Kier molecular flexibility index (Phi) is 3.93. The van der Waals surface area contributed by atoms with Crippen LogP contribution in [0.25, 0.3) is 0 Å². The Labute approximate surface area is 62.7 Å². The number of nitrogens with two attached hydrogens (primary N) is 2. The van der Waals surface area contributed by atoms with Gasteiger partial charge in [-0.15, -0.1) is 0 Å². The standard InChI is InChI=1S/C4H10N4O3/c5-2(3(9)10)1-7-4(6)8-11/h2,11H,1,5H2,(H,9,10)(H3,6,7,8)/t2-/m0/s1. The zero-order valence-corrected chi connectivity index (χ0v) is 5.69. The molecule has 0 spiro atoms.